The van der Waals surface area contributed by atoms with Gasteiger partial charge < -0.3 is 19.5 Å². The standard InChI is InChI=1S/C12H14ClNO4/c1-2-16-9-6-11-10(17-3-4-18-11)5-8(9)14-12(15)7-13/h5-6H,2-4,7H2,1H3,(H,14,15). The van der Waals surface area contributed by atoms with E-state index in [9.17, 15) is 4.79 Å². The van der Waals surface area contributed by atoms with Crippen LogP contribution in [0.2, 0.25) is 0 Å². The van der Waals surface area contributed by atoms with Gasteiger partial charge in [-0.1, -0.05) is 0 Å². The van der Waals surface area contributed by atoms with Gasteiger partial charge in [0.25, 0.3) is 0 Å². The average molecular weight is 272 g/mol. The van der Waals surface area contributed by atoms with Gasteiger partial charge in [-0.3, -0.25) is 4.79 Å². The molecule has 1 amide bonds. The third-order valence-corrected chi connectivity index (χ3v) is 2.58. The summed E-state index contributed by atoms with van der Waals surface area (Å²) in [6.07, 6.45) is 0. The fraction of sp³-hybridized carbons (Fsp3) is 0.417. The summed E-state index contributed by atoms with van der Waals surface area (Å²) in [5.74, 6) is 1.35. The fourth-order valence-corrected chi connectivity index (χ4v) is 1.69. The molecule has 5 nitrogen and oxygen atoms in total. The van der Waals surface area contributed by atoms with Crippen molar-refractivity contribution in [2.24, 2.45) is 0 Å². The third-order valence-electron chi connectivity index (χ3n) is 2.34. The maximum Gasteiger partial charge on any atom is 0.239 e. The van der Waals surface area contributed by atoms with Gasteiger partial charge in [0, 0.05) is 12.1 Å². The van der Waals surface area contributed by atoms with Crippen molar-refractivity contribution in [3.05, 3.63) is 12.1 Å². The largest absolute Gasteiger partial charge is 0.492 e. The summed E-state index contributed by atoms with van der Waals surface area (Å²) in [6.45, 7) is 3.35. The Morgan fingerprint density at radius 2 is 2.06 bits per heavy atom. The molecular formula is C12H14ClNO4. The van der Waals surface area contributed by atoms with Gasteiger partial charge in [-0.2, -0.15) is 0 Å². The lowest BCUT2D eigenvalue weighted by atomic mass is 10.2. The number of halogens is 1. The van der Waals surface area contributed by atoms with E-state index in [1.807, 2.05) is 6.92 Å². The average Bonchev–Trinajstić information content (AvgIpc) is 2.39. The fourth-order valence-electron chi connectivity index (χ4n) is 1.63. The predicted octanol–water partition coefficient (Wildman–Crippen LogP) is 2.03. The van der Waals surface area contributed by atoms with Gasteiger partial charge in [0.15, 0.2) is 11.5 Å². The first kappa shape index (κ1) is 12.8. The van der Waals surface area contributed by atoms with Gasteiger partial charge in [0.2, 0.25) is 5.91 Å². The molecule has 0 bridgehead atoms. The molecule has 1 aromatic carbocycles. The molecule has 0 unspecified atom stereocenters. The van der Waals surface area contributed by atoms with Crippen LogP contribution in [0.15, 0.2) is 12.1 Å². The van der Waals surface area contributed by atoms with Crippen LogP contribution in [0.4, 0.5) is 5.69 Å². The van der Waals surface area contributed by atoms with Gasteiger partial charge in [-0.05, 0) is 6.92 Å². The summed E-state index contributed by atoms with van der Waals surface area (Å²) in [6, 6.07) is 3.39. The van der Waals surface area contributed by atoms with E-state index in [1.54, 1.807) is 12.1 Å². The van der Waals surface area contributed by atoms with Crippen LogP contribution in [0.3, 0.4) is 0 Å². The highest BCUT2D eigenvalue weighted by atomic mass is 35.5. The van der Waals surface area contributed by atoms with Crippen molar-refractivity contribution in [3.63, 3.8) is 0 Å². The van der Waals surface area contributed by atoms with Gasteiger partial charge in [0.05, 0.1) is 12.3 Å². The van der Waals surface area contributed by atoms with E-state index < -0.39 is 0 Å². The second-order valence-corrected chi connectivity index (χ2v) is 3.87. The molecule has 6 heteroatoms. The number of hydrogen-bond donors (Lipinski definition) is 1. The maximum absolute atomic E-state index is 11.3. The van der Waals surface area contributed by atoms with Crippen molar-refractivity contribution in [3.8, 4) is 17.2 Å². The Balaban J connectivity index is 2.32. The molecule has 1 N–H and O–H groups in total. The first-order chi connectivity index (χ1) is 8.74. The molecule has 1 aliphatic heterocycles. The van der Waals surface area contributed by atoms with Gasteiger partial charge >= 0.3 is 0 Å². The van der Waals surface area contributed by atoms with Crippen molar-refractivity contribution in [1.29, 1.82) is 0 Å². The Morgan fingerprint density at radius 3 is 2.67 bits per heavy atom. The zero-order valence-corrected chi connectivity index (χ0v) is 10.8. The van der Waals surface area contributed by atoms with Crippen molar-refractivity contribution >= 4 is 23.2 Å². The highest BCUT2D eigenvalue weighted by molar-refractivity contribution is 6.29. The van der Waals surface area contributed by atoms with Crippen LogP contribution in [-0.4, -0.2) is 31.6 Å². The number of carbonyl (C=O) groups excluding carboxylic acids is 1. The molecule has 0 atom stereocenters. The summed E-state index contributed by atoms with van der Waals surface area (Å²) in [7, 11) is 0. The number of nitrogens with one attached hydrogen (secondary N) is 1. The molecule has 1 aliphatic rings. The molecule has 18 heavy (non-hydrogen) atoms. The Morgan fingerprint density at radius 1 is 1.39 bits per heavy atom. The molecule has 98 valence electrons. The van der Waals surface area contributed by atoms with E-state index in [2.05, 4.69) is 5.32 Å². The van der Waals surface area contributed by atoms with Crippen molar-refractivity contribution in [1.82, 2.24) is 0 Å². The molecular weight excluding hydrogens is 258 g/mol. The first-order valence-electron chi connectivity index (χ1n) is 5.67. The van der Waals surface area contributed by atoms with Crippen LogP contribution in [0.25, 0.3) is 0 Å². The molecule has 0 aliphatic carbocycles. The number of amides is 1. The number of anilines is 1. The Hall–Kier alpha value is -1.62. The summed E-state index contributed by atoms with van der Waals surface area (Å²) in [5, 5.41) is 2.66. The third kappa shape index (κ3) is 2.79. The van der Waals surface area contributed by atoms with Crippen molar-refractivity contribution in [2.45, 2.75) is 6.92 Å². The molecule has 0 spiro atoms. The summed E-state index contributed by atoms with van der Waals surface area (Å²) >= 11 is 5.47. The van der Waals surface area contributed by atoms with E-state index in [4.69, 9.17) is 25.8 Å². The molecule has 2 rings (SSSR count). The lowest BCUT2D eigenvalue weighted by molar-refractivity contribution is -0.113. The van der Waals surface area contributed by atoms with Crippen LogP contribution in [0.1, 0.15) is 6.92 Å². The number of rotatable bonds is 4. The van der Waals surface area contributed by atoms with E-state index >= 15 is 0 Å². The summed E-state index contributed by atoms with van der Waals surface area (Å²) in [5.41, 5.74) is 0.534. The van der Waals surface area contributed by atoms with Crippen LogP contribution < -0.4 is 19.5 Å². The second kappa shape index (κ2) is 5.82. The second-order valence-electron chi connectivity index (χ2n) is 3.61. The lowest BCUT2D eigenvalue weighted by Gasteiger charge is -2.21. The lowest BCUT2D eigenvalue weighted by Crippen LogP contribution is -2.17. The zero-order valence-electron chi connectivity index (χ0n) is 9.99. The minimum atomic E-state index is -0.297. The van der Waals surface area contributed by atoms with E-state index in [1.165, 1.54) is 0 Å². The highest BCUT2D eigenvalue weighted by Crippen LogP contribution is 2.39. The molecule has 0 saturated carbocycles. The van der Waals surface area contributed by atoms with Crippen LogP contribution in [-0.2, 0) is 4.79 Å². The van der Waals surface area contributed by atoms with Gasteiger partial charge in [-0.25, -0.2) is 0 Å². The normalized spacial score (nSPS) is 13.0. The van der Waals surface area contributed by atoms with Crippen LogP contribution in [0.5, 0.6) is 17.2 Å². The quantitative estimate of drug-likeness (QED) is 0.852. The van der Waals surface area contributed by atoms with Crippen LogP contribution >= 0.6 is 11.6 Å². The van der Waals surface area contributed by atoms with Crippen molar-refractivity contribution < 1.29 is 19.0 Å². The summed E-state index contributed by atoms with van der Waals surface area (Å²) in [4.78, 5) is 11.3. The molecule has 0 aromatic heterocycles. The Bertz CT molecular complexity index is 450. The van der Waals surface area contributed by atoms with Crippen LogP contribution in [0, 0.1) is 0 Å². The SMILES string of the molecule is CCOc1cc2c(cc1NC(=O)CCl)OCCO2. The molecule has 0 radical (unpaired) electrons. The Kier molecular flexibility index (Phi) is 4.15. The molecule has 1 aromatic rings. The topological polar surface area (TPSA) is 56.8 Å². The maximum atomic E-state index is 11.3. The number of carbonyl (C=O) groups is 1. The zero-order chi connectivity index (χ0) is 13.0. The minimum Gasteiger partial charge on any atom is -0.492 e. The number of hydrogen-bond acceptors (Lipinski definition) is 4. The smallest absolute Gasteiger partial charge is 0.239 e. The monoisotopic (exact) mass is 271 g/mol. The minimum absolute atomic E-state index is 0.111. The van der Waals surface area contributed by atoms with E-state index in [-0.39, 0.29) is 11.8 Å². The highest BCUT2D eigenvalue weighted by Gasteiger charge is 2.17. The van der Waals surface area contributed by atoms with E-state index in [0.717, 1.165) is 0 Å². The Labute approximate surface area is 110 Å². The predicted molar refractivity (Wildman–Crippen MR) is 68.0 cm³/mol. The first-order valence-corrected chi connectivity index (χ1v) is 6.20. The van der Waals surface area contributed by atoms with E-state index in [0.29, 0.717) is 42.8 Å². The summed E-state index contributed by atoms with van der Waals surface area (Å²) < 4.78 is 16.4. The van der Waals surface area contributed by atoms with Crippen molar-refractivity contribution in [2.75, 3.05) is 31.0 Å². The molecule has 0 saturated heterocycles. The molecule has 0 fully saturated rings. The molecule has 1 heterocycles. The number of fused-ring (bicyclic) bond motifs is 1. The number of alkyl halides is 1. The van der Waals surface area contributed by atoms with Gasteiger partial charge in [-0.15, -0.1) is 11.6 Å². The van der Waals surface area contributed by atoms with Gasteiger partial charge in [0.1, 0.15) is 24.8 Å². The number of ether oxygens (including phenoxy) is 3. The number of benzene rings is 1.